The van der Waals surface area contributed by atoms with E-state index in [2.05, 4.69) is 16.8 Å². The van der Waals surface area contributed by atoms with Gasteiger partial charge in [0, 0.05) is 25.1 Å². The number of likely N-dealkylation sites (tertiary alicyclic amines) is 1. The van der Waals surface area contributed by atoms with Gasteiger partial charge in [0.25, 0.3) is 0 Å². The number of carboxylic acids is 1. The maximum Gasteiger partial charge on any atom is 0.347 e. The van der Waals surface area contributed by atoms with Crippen molar-refractivity contribution >= 4 is 17.3 Å². The van der Waals surface area contributed by atoms with Gasteiger partial charge in [-0.3, -0.25) is 4.90 Å². The van der Waals surface area contributed by atoms with Gasteiger partial charge in [-0.1, -0.05) is 13.3 Å². The Kier molecular flexibility index (Phi) is 5.72. The normalized spacial score (nSPS) is 21.4. The van der Waals surface area contributed by atoms with E-state index in [-0.39, 0.29) is 12.5 Å². The molecule has 1 fully saturated rings. The molecule has 2 rings (SSSR count). The van der Waals surface area contributed by atoms with E-state index in [9.17, 15) is 9.90 Å². The molecule has 5 nitrogen and oxygen atoms in total. The SMILES string of the molecule is Cc1nc(C(C)CN2CCCCC2CCO)sc1C(=O)O. The molecule has 1 aromatic rings. The lowest BCUT2D eigenvalue weighted by Crippen LogP contribution is -2.42. The zero-order valence-corrected chi connectivity index (χ0v) is 13.5. The molecule has 0 aliphatic carbocycles. The lowest BCUT2D eigenvalue weighted by Gasteiger charge is -2.36. The first-order chi connectivity index (χ1) is 10.0. The van der Waals surface area contributed by atoms with Crippen LogP contribution in [-0.4, -0.2) is 51.8 Å². The largest absolute Gasteiger partial charge is 0.477 e. The van der Waals surface area contributed by atoms with Crippen molar-refractivity contribution in [1.82, 2.24) is 9.88 Å². The number of carbonyl (C=O) groups is 1. The molecule has 0 spiro atoms. The minimum absolute atomic E-state index is 0.223. The second kappa shape index (κ2) is 7.33. The smallest absolute Gasteiger partial charge is 0.347 e. The molecule has 1 aromatic heterocycles. The van der Waals surface area contributed by atoms with Gasteiger partial charge < -0.3 is 10.2 Å². The molecule has 1 saturated heterocycles. The third kappa shape index (κ3) is 4.02. The summed E-state index contributed by atoms with van der Waals surface area (Å²) in [5.74, 6) is -0.666. The molecule has 1 aliphatic heterocycles. The Morgan fingerprint density at radius 2 is 2.29 bits per heavy atom. The molecule has 0 saturated carbocycles. The summed E-state index contributed by atoms with van der Waals surface area (Å²) in [7, 11) is 0. The molecule has 2 heterocycles. The Labute approximate surface area is 129 Å². The standard InChI is InChI=1S/C15H24N2O3S/c1-10(14-16-11(2)13(21-14)15(19)20)9-17-7-4-3-5-12(17)6-8-18/h10,12,18H,3-9H2,1-2H3,(H,19,20). The van der Waals surface area contributed by atoms with Gasteiger partial charge in [0.1, 0.15) is 4.88 Å². The number of aromatic carboxylic acids is 1. The maximum atomic E-state index is 11.1. The molecule has 2 unspecified atom stereocenters. The van der Waals surface area contributed by atoms with Crippen LogP contribution in [0.25, 0.3) is 0 Å². The van der Waals surface area contributed by atoms with Crippen molar-refractivity contribution in [3.63, 3.8) is 0 Å². The minimum atomic E-state index is -0.889. The van der Waals surface area contributed by atoms with Gasteiger partial charge in [-0.15, -0.1) is 11.3 Å². The summed E-state index contributed by atoms with van der Waals surface area (Å²) in [6.07, 6.45) is 4.40. The number of rotatable bonds is 6. The van der Waals surface area contributed by atoms with Crippen LogP contribution in [0.15, 0.2) is 0 Å². The average molecular weight is 312 g/mol. The van der Waals surface area contributed by atoms with Crippen molar-refractivity contribution in [2.24, 2.45) is 0 Å². The topological polar surface area (TPSA) is 73.7 Å². The molecule has 0 radical (unpaired) electrons. The Balaban J connectivity index is 2.04. The van der Waals surface area contributed by atoms with E-state index in [0.29, 0.717) is 16.6 Å². The molecule has 118 valence electrons. The number of hydrogen-bond acceptors (Lipinski definition) is 5. The van der Waals surface area contributed by atoms with Crippen molar-refractivity contribution in [2.75, 3.05) is 19.7 Å². The van der Waals surface area contributed by atoms with E-state index in [1.54, 1.807) is 6.92 Å². The quantitative estimate of drug-likeness (QED) is 0.844. The molecule has 2 atom stereocenters. The molecule has 0 amide bonds. The molecular weight excluding hydrogens is 288 g/mol. The molecule has 21 heavy (non-hydrogen) atoms. The summed E-state index contributed by atoms with van der Waals surface area (Å²) in [4.78, 5) is 18.3. The highest BCUT2D eigenvalue weighted by Gasteiger charge is 2.25. The number of aromatic nitrogens is 1. The van der Waals surface area contributed by atoms with Gasteiger partial charge >= 0.3 is 5.97 Å². The summed E-state index contributed by atoms with van der Waals surface area (Å²) in [5, 5.41) is 19.2. The summed E-state index contributed by atoms with van der Waals surface area (Å²) < 4.78 is 0. The second-order valence-electron chi connectivity index (χ2n) is 5.83. The zero-order chi connectivity index (χ0) is 15.4. The summed E-state index contributed by atoms with van der Waals surface area (Å²) in [5.41, 5.74) is 0.611. The summed E-state index contributed by atoms with van der Waals surface area (Å²) in [6.45, 7) is 6.04. The fourth-order valence-electron chi connectivity index (χ4n) is 3.03. The number of aryl methyl sites for hydroxylation is 1. The van der Waals surface area contributed by atoms with Crippen LogP contribution in [-0.2, 0) is 0 Å². The monoisotopic (exact) mass is 312 g/mol. The Morgan fingerprint density at radius 3 is 2.90 bits per heavy atom. The molecular formula is C15H24N2O3S. The summed E-state index contributed by atoms with van der Waals surface area (Å²) >= 11 is 1.29. The van der Waals surface area contributed by atoms with Gasteiger partial charge in [-0.25, -0.2) is 9.78 Å². The first-order valence-corrected chi connectivity index (χ1v) is 8.40. The van der Waals surface area contributed by atoms with Crippen molar-refractivity contribution < 1.29 is 15.0 Å². The summed E-state index contributed by atoms with van der Waals surface area (Å²) in [6, 6.07) is 0.450. The maximum absolute atomic E-state index is 11.1. The minimum Gasteiger partial charge on any atom is -0.477 e. The zero-order valence-electron chi connectivity index (χ0n) is 12.7. The van der Waals surface area contributed by atoms with Crippen LogP contribution >= 0.6 is 11.3 Å². The van der Waals surface area contributed by atoms with Gasteiger partial charge in [0.05, 0.1) is 10.7 Å². The Morgan fingerprint density at radius 1 is 1.52 bits per heavy atom. The van der Waals surface area contributed by atoms with Gasteiger partial charge in [-0.2, -0.15) is 0 Å². The highest BCUT2D eigenvalue weighted by atomic mass is 32.1. The van der Waals surface area contributed by atoms with Crippen LogP contribution < -0.4 is 0 Å². The average Bonchev–Trinajstić information content (AvgIpc) is 2.83. The lowest BCUT2D eigenvalue weighted by molar-refractivity contribution is 0.0701. The predicted molar refractivity (Wildman–Crippen MR) is 83.1 cm³/mol. The van der Waals surface area contributed by atoms with Crippen LogP contribution in [0.1, 0.15) is 58.9 Å². The van der Waals surface area contributed by atoms with Crippen molar-refractivity contribution in [1.29, 1.82) is 0 Å². The second-order valence-corrected chi connectivity index (χ2v) is 6.86. The fraction of sp³-hybridized carbons (Fsp3) is 0.733. The number of carboxylic acid groups (broad SMARTS) is 1. The number of thiazole rings is 1. The molecule has 1 aliphatic rings. The number of nitrogens with zero attached hydrogens (tertiary/aromatic N) is 2. The van der Waals surface area contributed by atoms with Crippen LogP contribution in [0, 0.1) is 6.92 Å². The van der Waals surface area contributed by atoms with Crippen molar-refractivity contribution in [2.45, 2.75) is 51.5 Å². The third-order valence-electron chi connectivity index (χ3n) is 4.15. The van der Waals surface area contributed by atoms with E-state index in [4.69, 9.17) is 5.11 Å². The number of aliphatic hydroxyl groups excluding tert-OH is 1. The van der Waals surface area contributed by atoms with Crippen molar-refractivity contribution in [3.05, 3.63) is 15.6 Å². The molecule has 0 aromatic carbocycles. The van der Waals surface area contributed by atoms with E-state index in [1.807, 2.05) is 0 Å². The van der Waals surface area contributed by atoms with E-state index < -0.39 is 5.97 Å². The first kappa shape index (κ1) is 16.4. The lowest BCUT2D eigenvalue weighted by atomic mass is 9.98. The number of piperidine rings is 1. The number of aliphatic hydroxyl groups is 1. The van der Waals surface area contributed by atoms with E-state index >= 15 is 0 Å². The molecule has 0 bridgehead atoms. The third-order valence-corrected chi connectivity index (χ3v) is 5.53. The Hall–Kier alpha value is -0.980. The van der Waals surface area contributed by atoms with Gasteiger partial charge in [0.15, 0.2) is 0 Å². The first-order valence-electron chi connectivity index (χ1n) is 7.58. The van der Waals surface area contributed by atoms with Gasteiger partial charge in [0.2, 0.25) is 0 Å². The predicted octanol–water partition coefficient (Wildman–Crippen LogP) is 2.49. The van der Waals surface area contributed by atoms with Crippen LogP contribution in [0.3, 0.4) is 0 Å². The number of hydrogen-bond donors (Lipinski definition) is 2. The van der Waals surface area contributed by atoms with Gasteiger partial charge in [-0.05, 0) is 32.7 Å². The molecule has 2 N–H and O–H groups in total. The highest BCUT2D eigenvalue weighted by Crippen LogP contribution is 2.28. The van der Waals surface area contributed by atoms with Crippen molar-refractivity contribution in [3.8, 4) is 0 Å². The van der Waals surface area contributed by atoms with E-state index in [0.717, 1.165) is 30.9 Å². The molecule has 6 heteroatoms. The van der Waals surface area contributed by atoms with Crippen LogP contribution in [0.2, 0.25) is 0 Å². The highest BCUT2D eigenvalue weighted by molar-refractivity contribution is 7.13. The fourth-order valence-corrected chi connectivity index (χ4v) is 3.98. The van der Waals surface area contributed by atoms with E-state index in [1.165, 1.54) is 24.2 Å². The Bertz CT molecular complexity index is 487. The van der Waals surface area contributed by atoms with Crippen LogP contribution in [0.4, 0.5) is 0 Å². The van der Waals surface area contributed by atoms with Crippen LogP contribution in [0.5, 0.6) is 0 Å².